The Balaban J connectivity index is 2.29. The van der Waals surface area contributed by atoms with Gasteiger partial charge in [-0.2, -0.15) is 0 Å². The van der Waals surface area contributed by atoms with E-state index in [-0.39, 0.29) is 30.4 Å². The number of hydrogen-bond donors (Lipinski definition) is 2. The van der Waals surface area contributed by atoms with Crippen molar-refractivity contribution in [3.05, 3.63) is 35.4 Å². The van der Waals surface area contributed by atoms with Crippen molar-refractivity contribution in [2.75, 3.05) is 6.61 Å². The molecule has 2 unspecified atom stereocenters. The van der Waals surface area contributed by atoms with Gasteiger partial charge in [0.25, 0.3) is 11.8 Å². The molecular weight excluding hydrogens is 344 g/mol. The third-order valence-electron chi connectivity index (χ3n) is 5.45. The van der Waals surface area contributed by atoms with Crippen molar-refractivity contribution in [1.29, 1.82) is 0 Å². The first-order valence-electron chi connectivity index (χ1n) is 9.43. The summed E-state index contributed by atoms with van der Waals surface area (Å²) in [4.78, 5) is 39.7. The molecule has 0 fully saturated rings. The number of aliphatic hydroxyl groups is 1. The number of fused-ring (bicyclic) bond motifs is 1. The number of amides is 3. The summed E-state index contributed by atoms with van der Waals surface area (Å²) in [6, 6.07) is 6.33. The first kappa shape index (κ1) is 21.1. The predicted octanol–water partition coefficient (Wildman–Crippen LogP) is 2.47. The molecule has 2 atom stereocenters. The quantitative estimate of drug-likeness (QED) is 0.718. The van der Waals surface area contributed by atoms with Gasteiger partial charge in [0.2, 0.25) is 5.91 Å². The highest BCUT2D eigenvalue weighted by molar-refractivity contribution is 6.23. The Morgan fingerprint density at radius 3 is 1.89 bits per heavy atom. The van der Waals surface area contributed by atoms with Gasteiger partial charge >= 0.3 is 0 Å². The van der Waals surface area contributed by atoms with E-state index < -0.39 is 23.3 Å². The summed E-state index contributed by atoms with van der Waals surface area (Å²) in [5.74, 6) is -1.18. The molecular formula is C21H30N2O4. The van der Waals surface area contributed by atoms with E-state index in [1.54, 1.807) is 38.1 Å². The summed E-state index contributed by atoms with van der Waals surface area (Å²) in [6.45, 7) is 11.1. The number of imide groups is 1. The van der Waals surface area contributed by atoms with E-state index in [0.29, 0.717) is 11.1 Å². The molecule has 1 aromatic rings. The fourth-order valence-corrected chi connectivity index (χ4v) is 3.63. The Labute approximate surface area is 160 Å². The normalized spacial score (nSPS) is 16.7. The van der Waals surface area contributed by atoms with E-state index >= 15 is 0 Å². The maximum Gasteiger partial charge on any atom is 0.262 e. The monoisotopic (exact) mass is 374 g/mol. The number of hydrogen-bond acceptors (Lipinski definition) is 4. The van der Waals surface area contributed by atoms with Crippen LogP contribution in [0.15, 0.2) is 24.3 Å². The topological polar surface area (TPSA) is 86.7 Å². The number of nitrogens with zero attached hydrogens (tertiary/aromatic N) is 1. The SMILES string of the molecule is CC(C)C(CO)C(NC(=O)C(C)(C)N1C(=O)c2ccccc2C1=O)C(C)C. The summed E-state index contributed by atoms with van der Waals surface area (Å²) >= 11 is 0. The van der Waals surface area contributed by atoms with Crippen molar-refractivity contribution in [3.63, 3.8) is 0 Å². The molecule has 1 aromatic carbocycles. The highest BCUT2D eigenvalue weighted by Gasteiger charge is 2.48. The van der Waals surface area contributed by atoms with Crippen LogP contribution in [0.1, 0.15) is 62.3 Å². The Morgan fingerprint density at radius 1 is 1.04 bits per heavy atom. The zero-order valence-electron chi connectivity index (χ0n) is 16.9. The van der Waals surface area contributed by atoms with Crippen molar-refractivity contribution < 1.29 is 19.5 Å². The first-order valence-corrected chi connectivity index (χ1v) is 9.43. The zero-order valence-corrected chi connectivity index (χ0v) is 16.9. The van der Waals surface area contributed by atoms with Gasteiger partial charge in [0.1, 0.15) is 5.54 Å². The molecule has 0 aromatic heterocycles. The molecule has 0 bridgehead atoms. The lowest BCUT2D eigenvalue weighted by molar-refractivity contribution is -0.131. The van der Waals surface area contributed by atoms with E-state index in [0.717, 1.165) is 4.90 Å². The minimum absolute atomic E-state index is 0.0474. The molecule has 2 rings (SSSR count). The van der Waals surface area contributed by atoms with Gasteiger partial charge in [-0.3, -0.25) is 19.3 Å². The third-order valence-corrected chi connectivity index (χ3v) is 5.45. The summed E-state index contributed by atoms with van der Waals surface area (Å²) in [5.41, 5.74) is -0.712. The number of rotatable bonds is 7. The fraction of sp³-hybridized carbons (Fsp3) is 0.571. The van der Waals surface area contributed by atoms with Crippen LogP contribution >= 0.6 is 0 Å². The lowest BCUT2D eigenvalue weighted by Gasteiger charge is -2.38. The molecule has 2 N–H and O–H groups in total. The van der Waals surface area contributed by atoms with Gasteiger partial charge in [-0.05, 0) is 37.8 Å². The van der Waals surface area contributed by atoms with Crippen LogP contribution in [0.25, 0.3) is 0 Å². The average molecular weight is 374 g/mol. The van der Waals surface area contributed by atoms with Crippen LogP contribution in [0.3, 0.4) is 0 Å². The smallest absolute Gasteiger partial charge is 0.262 e. The lowest BCUT2D eigenvalue weighted by Crippen LogP contribution is -2.60. The maximum atomic E-state index is 13.1. The van der Waals surface area contributed by atoms with Gasteiger partial charge in [-0.1, -0.05) is 39.8 Å². The molecule has 3 amide bonds. The highest BCUT2D eigenvalue weighted by Crippen LogP contribution is 2.30. The van der Waals surface area contributed by atoms with E-state index in [1.807, 2.05) is 27.7 Å². The molecule has 1 aliphatic rings. The van der Waals surface area contributed by atoms with Crippen LogP contribution < -0.4 is 5.32 Å². The Hall–Kier alpha value is -2.21. The number of carbonyl (C=O) groups excluding carboxylic acids is 3. The van der Waals surface area contributed by atoms with Crippen LogP contribution in [0, 0.1) is 17.8 Å². The maximum absolute atomic E-state index is 13.1. The minimum atomic E-state index is -1.35. The molecule has 0 saturated heterocycles. The van der Waals surface area contributed by atoms with Crippen molar-refractivity contribution in [1.82, 2.24) is 10.2 Å². The lowest BCUT2D eigenvalue weighted by atomic mass is 9.82. The molecule has 1 aliphatic heterocycles. The van der Waals surface area contributed by atoms with Crippen molar-refractivity contribution >= 4 is 17.7 Å². The second kappa shape index (κ2) is 7.80. The minimum Gasteiger partial charge on any atom is -0.396 e. The largest absolute Gasteiger partial charge is 0.396 e. The van der Waals surface area contributed by atoms with Crippen LogP contribution in [-0.4, -0.2) is 45.9 Å². The predicted molar refractivity (Wildman–Crippen MR) is 103 cm³/mol. The molecule has 1 heterocycles. The van der Waals surface area contributed by atoms with Gasteiger partial charge in [0.05, 0.1) is 11.1 Å². The van der Waals surface area contributed by atoms with Crippen LogP contribution in [-0.2, 0) is 4.79 Å². The van der Waals surface area contributed by atoms with Crippen molar-refractivity contribution in [2.45, 2.75) is 53.1 Å². The van der Waals surface area contributed by atoms with Crippen molar-refractivity contribution in [3.8, 4) is 0 Å². The Bertz CT molecular complexity index is 704. The third kappa shape index (κ3) is 3.76. The van der Waals surface area contributed by atoms with Gasteiger partial charge in [0, 0.05) is 18.6 Å². The highest BCUT2D eigenvalue weighted by atomic mass is 16.3. The van der Waals surface area contributed by atoms with Gasteiger partial charge in [0.15, 0.2) is 0 Å². The number of carbonyl (C=O) groups is 3. The summed E-state index contributed by atoms with van der Waals surface area (Å²) in [6.07, 6.45) is 0. The second-order valence-corrected chi connectivity index (χ2v) is 8.38. The molecule has 6 nitrogen and oxygen atoms in total. The summed E-state index contributed by atoms with van der Waals surface area (Å²) in [5, 5.41) is 12.8. The zero-order chi connectivity index (χ0) is 20.5. The van der Waals surface area contributed by atoms with E-state index in [2.05, 4.69) is 5.32 Å². The fourth-order valence-electron chi connectivity index (χ4n) is 3.63. The Kier molecular flexibility index (Phi) is 6.10. The van der Waals surface area contributed by atoms with Crippen molar-refractivity contribution in [2.24, 2.45) is 17.8 Å². The average Bonchev–Trinajstić information content (AvgIpc) is 2.85. The molecule has 148 valence electrons. The van der Waals surface area contributed by atoms with Gasteiger partial charge < -0.3 is 10.4 Å². The van der Waals surface area contributed by atoms with Crippen LogP contribution in [0.5, 0.6) is 0 Å². The number of aliphatic hydroxyl groups excluding tert-OH is 1. The van der Waals surface area contributed by atoms with E-state index in [4.69, 9.17) is 0 Å². The van der Waals surface area contributed by atoms with Crippen LogP contribution in [0.2, 0.25) is 0 Å². The second-order valence-electron chi connectivity index (χ2n) is 8.38. The van der Waals surface area contributed by atoms with Gasteiger partial charge in [-0.15, -0.1) is 0 Å². The molecule has 0 aliphatic carbocycles. The Morgan fingerprint density at radius 2 is 1.52 bits per heavy atom. The summed E-state index contributed by atoms with van der Waals surface area (Å²) in [7, 11) is 0. The molecule has 0 radical (unpaired) electrons. The molecule has 6 heteroatoms. The van der Waals surface area contributed by atoms with E-state index in [1.165, 1.54) is 0 Å². The van der Waals surface area contributed by atoms with Crippen LogP contribution in [0.4, 0.5) is 0 Å². The van der Waals surface area contributed by atoms with E-state index in [9.17, 15) is 19.5 Å². The number of nitrogens with one attached hydrogen (secondary N) is 1. The number of benzene rings is 1. The molecule has 0 saturated carbocycles. The summed E-state index contributed by atoms with van der Waals surface area (Å²) < 4.78 is 0. The molecule has 27 heavy (non-hydrogen) atoms. The molecule has 0 spiro atoms. The van der Waals surface area contributed by atoms with Gasteiger partial charge in [-0.25, -0.2) is 0 Å². The first-order chi connectivity index (χ1) is 12.5. The standard InChI is InChI=1S/C21H30N2O4/c1-12(2)16(11-24)17(13(3)4)22-20(27)21(5,6)23-18(25)14-9-7-8-10-15(14)19(23)26/h7-10,12-13,16-17,24H,11H2,1-6H3,(H,22,27).